The van der Waals surface area contributed by atoms with Gasteiger partial charge in [-0.05, 0) is 11.6 Å². The van der Waals surface area contributed by atoms with Crippen LogP contribution in [0.1, 0.15) is 5.56 Å². The summed E-state index contributed by atoms with van der Waals surface area (Å²) in [6, 6.07) is 4.59. The van der Waals surface area contributed by atoms with Gasteiger partial charge in [-0.1, -0.05) is 6.07 Å². The minimum atomic E-state index is -0.510. The third-order valence-electron chi connectivity index (χ3n) is 1.79. The van der Waals surface area contributed by atoms with Gasteiger partial charge in [-0.25, -0.2) is 0 Å². The van der Waals surface area contributed by atoms with Crippen molar-refractivity contribution in [3.8, 4) is 5.75 Å². The molecule has 82 valence electrons. The van der Waals surface area contributed by atoms with E-state index in [4.69, 9.17) is 10.5 Å². The standard InChI is InChI=1S/C9H12N2O4/c1-14-6-15-9-3-2-7(5-10)4-8(9)11(12)13/h2-4H,5-6,10H2,1H3. The predicted molar refractivity (Wildman–Crippen MR) is 53.5 cm³/mol. The molecule has 1 aromatic rings. The molecule has 0 amide bonds. The second-order valence-corrected chi connectivity index (χ2v) is 2.81. The zero-order chi connectivity index (χ0) is 11.3. The SMILES string of the molecule is COCOc1ccc(CN)cc1[N+](=O)[O-]. The van der Waals surface area contributed by atoms with E-state index in [-0.39, 0.29) is 24.8 Å². The summed E-state index contributed by atoms with van der Waals surface area (Å²) < 4.78 is 9.71. The first-order valence-electron chi connectivity index (χ1n) is 4.28. The first-order valence-corrected chi connectivity index (χ1v) is 4.28. The Morgan fingerprint density at radius 1 is 1.53 bits per heavy atom. The van der Waals surface area contributed by atoms with Crippen LogP contribution in [0.4, 0.5) is 5.69 Å². The fraction of sp³-hybridized carbons (Fsp3) is 0.333. The summed E-state index contributed by atoms with van der Waals surface area (Å²) in [6.45, 7) is 0.230. The molecule has 0 unspecified atom stereocenters. The molecular weight excluding hydrogens is 200 g/mol. The summed E-state index contributed by atoms with van der Waals surface area (Å²) in [6.07, 6.45) is 0. The monoisotopic (exact) mass is 212 g/mol. The molecule has 1 rings (SSSR count). The van der Waals surface area contributed by atoms with E-state index in [1.54, 1.807) is 6.07 Å². The maximum absolute atomic E-state index is 10.7. The van der Waals surface area contributed by atoms with Gasteiger partial charge in [-0.2, -0.15) is 0 Å². The van der Waals surface area contributed by atoms with E-state index in [1.807, 2.05) is 0 Å². The average Bonchev–Trinajstić information content (AvgIpc) is 2.26. The largest absolute Gasteiger partial charge is 0.460 e. The van der Waals surface area contributed by atoms with Crippen LogP contribution in [0.25, 0.3) is 0 Å². The lowest BCUT2D eigenvalue weighted by molar-refractivity contribution is -0.386. The van der Waals surface area contributed by atoms with Gasteiger partial charge in [0.25, 0.3) is 0 Å². The van der Waals surface area contributed by atoms with E-state index in [9.17, 15) is 10.1 Å². The summed E-state index contributed by atoms with van der Waals surface area (Å²) in [4.78, 5) is 10.2. The topological polar surface area (TPSA) is 87.6 Å². The van der Waals surface area contributed by atoms with Gasteiger partial charge < -0.3 is 15.2 Å². The van der Waals surface area contributed by atoms with Crippen LogP contribution >= 0.6 is 0 Å². The van der Waals surface area contributed by atoms with Crippen LogP contribution in [-0.4, -0.2) is 18.8 Å². The highest BCUT2D eigenvalue weighted by Crippen LogP contribution is 2.27. The summed E-state index contributed by atoms with van der Waals surface area (Å²) in [5.74, 6) is 0.180. The molecule has 6 nitrogen and oxygen atoms in total. The van der Waals surface area contributed by atoms with Crippen LogP contribution in [0.5, 0.6) is 5.75 Å². The molecule has 0 spiro atoms. The van der Waals surface area contributed by atoms with E-state index in [0.29, 0.717) is 5.56 Å². The predicted octanol–water partition coefficient (Wildman–Crippen LogP) is 1.04. The van der Waals surface area contributed by atoms with Crippen molar-refractivity contribution in [1.29, 1.82) is 0 Å². The molecule has 0 aliphatic carbocycles. The molecule has 0 aliphatic rings. The number of nitrogens with two attached hydrogens (primary N) is 1. The second kappa shape index (κ2) is 5.28. The molecular formula is C9H12N2O4. The van der Waals surface area contributed by atoms with Gasteiger partial charge >= 0.3 is 5.69 Å². The Morgan fingerprint density at radius 3 is 2.80 bits per heavy atom. The third kappa shape index (κ3) is 2.90. The minimum Gasteiger partial charge on any atom is -0.460 e. The van der Waals surface area contributed by atoms with E-state index >= 15 is 0 Å². The van der Waals surface area contributed by atoms with Crippen LogP contribution in [0.3, 0.4) is 0 Å². The van der Waals surface area contributed by atoms with Crippen LogP contribution in [0.15, 0.2) is 18.2 Å². The van der Waals surface area contributed by atoms with Crippen LogP contribution in [0, 0.1) is 10.1 Å². The Labute approximate surface area is 86.7 Å². The van der Waals surface area contributed by atoms with Gasteiger partial charge in [-0.15, -0.1) is 0 Å². The molecule has 0 fully saturated rings. The van der Waals surface area contributed by atoms with Crippen LogP contribution in [-0.2, 0) is 11.3 Å². The zero-order valence-corrected chi connectivity index (χ0v) is 8.30. The lowest BCUT2D eigenvalue weighted by Gasteiger charge is -2.06. The summed E-state index contributed by atoms with van der Waals surface area (Å²) in [7, 11) is 1.44. The molecule has 2 N–H and O–H groups in total. The van der Waals surface area contributed by atoms with Crippen molar-refractivity contribution < 1.29 is 14.4 Å². The first kappa shape index (κ1) is 11.4. The smallest absolute Gasteiger partial charge is 0.311 e. The molecule has 1 aromatic carbocycles. The van der Waals surface area contributed by atoms with E-state index < -0.39 is 4.92 Å². The number of methoxy groups -OCH3 is 1. The molecule has 0 saturated carbocycles. The maximum Gasteiger partial charge on any atom is 0.311 e. The fourth-order valence-electron chi connectivity index (χ4n) is 1.08. The van der Waals surface area contributed by atoms with Gasteiger partial charge in [0.15, 0.2) is 12.5 Å². The van der Waals surface area contributed by atoms with Crippen LogP contribution < -0.4 is 10.5 Å². The van der Waals surface area contributed by atoms with E-state index in [0.717, 1.165) is 0 Å². The number of benzene rings is 1. The third-order valence-corrected chi connectivity index (χ3v) is 1.79. The van der Waals surface area contributed by atoms with Crippen molar-refractivity contribution >= 4 is 5.69 Å². The molecule has 0 atom stereocenters. The van der Waals surface area contributed by atoms with Gasteiger partial charge in [0.2, 0.25) is 0 Å². The van der Waals surface area contributed by atoms with E-state index in [2.05, 4.69) is 4.74 Å². The maximum atomic E-state index is 10.7. The minimum absolute atomic E-state index is 0.0250. The molecule has 15 heavy (non-hydrogen) atoms. The lowest BCUT2D eigenvalue weighted by Crippen LogP contribution is -2.03. The number of rotatable bonds is 5. The summed E-state index contributed by atoms with van der Waals surface area (Å²) >= 11 is 0. The fourth-order valence-corrected chi connectivity index (χ4v) is 1.08. The quantitative estimate of drug-likeness (QED) is 0.447. The number of ether oxygens (including phenoxy) is 2. The van der Waals surface area contributed by atoms with E-state index in [1.165, 1.54) is 19.2 Å². The highest BCUT2D eigenvalue weighted by molar-refractivity contribution is 5.48. The highest BCUT2D eigenvalue weighted by atomic mass is 16.7. The van der Waals surface area contributed by atoms with Crippen molar-refractivity contribution in [2.75, 3.05) is 13.9 Å². The van der Waals surface area contributed by atoms with Crippen molar-refractivity contribution in [3.63, 3.8) is 0 Å². The van der Waals surface area contributed by atoms with Crippen molar-refractivity contribution in [2.24, 2.45) is 5.73 Å². The average molecular weight is 212 g/mol. The highest BCUT2D eigenvalue weighted by Gasteiger charge is 2.15. The Balaban J connectivity index is 2.98. The lowest BCUT2D eigenvalue weighted by atomic mass is 10.2. The number of hydrogen-bond acceptors (Lipinski definition) is 5. The molecule has 0 aromatic heterocycles. The van der Waals surface area contributed by atoms with Gasteiger partial charge in [0.05, 0.1) is 4.92 Å². The Hall–Kier alpha value is -1.66. The Kier molecular flexibility index (Phi) is 4.02. The number of nitro groups is 1. The number of nitrogens with zero attached hydrogens (tertiary/aromatic N) is 1. The second-order valence-electron chi connectivity index (χ2n) is 2.81. The van der Waals surface area contributed by atoms with Gasteiger partial charge in [-0.3, -0.25) is 10.1 Å². The Bertz CT molecular complexity index is 354. The molecule has 0 heterocycles. The van der Waals surface area contributed by atoms with Crippen molar-refractivity contribution in [2.45, 2.75) is 6.54 Å². The van der Waals surface area contributed by atoms with Crippen LogP contribution in [0.2, 0.25) is 0 Å². The Morgan fingerprint density at radius 2 is 2.27 bits per heavy atom. The van der Waals surface area contributed by atoms with Gasteiger partial charge in [0, 0.05) is 19.7 Å². The summed E-state index contributed by atoms with van der Waals surface area (Å²) in [5, 5.41) is 10.7. The normalized spacial score (nSPS) is 10.0. The van der Waals surface area contributed by atoms with Crippen molar-refractivity contribution in [1.82, 2.24) is 0 Å². The molecule has 0 bridgehead atoms. The molecule has 0 saturated heterocycles. The van der Waals surface area contributed by atoms with Gasteiger partial charge in [0.1, 0.15) is 0 Å². The molecule has 0 aliphatic heterocycles. The number of hydrogen-bond donors (Lipinski definition) is 1. The number of nitro benzene ring substituents is 1. The van der Waals surface area contributed by atoms with Crippen molar-refractivity contribution in [3.05, 3.63) is 33.9 Å². The summed E-state index contributed by atoms with van der Waals surface area (Å²) in [5.41, 5.74) is 5.97. The zero-order valence-electron chi connectivity index (χ0n) is 8.30. The molecule has 0 radical (unpaired) electrons. The first-order chi connectivity index (χ1) is 7.19. The molecule has 6 heteroatoms.